The van der Waals surface area contributed by atoms with Crippen molar-refractivity contribution in [3.05, 3.63) is 64.7 Å². The largest absolute Gasteiger partial charge is 0.330 e. The van der Waals surface area contributed by atoms with Gasteiger partial charge in [-0.15, -0.1) is 10.2 Å². The number of aryl methyl sites for hydroxylation is 1. The number of Topliss-reactive ketones (excluding diaryl/α,β-unsaturated/α-hetero) is 1. The fourth-order valence-corrected chi connectivity index (χ4v) is 4.30. The van der Waals surface area contributed by atoms with Crippen LogP contribution in [0, 0.1) is 6.92 Å². The monoisotopic (exact) mass is 389 g/mol. The first-order valence-electron chi connectivity index (χ1n) is 7.65. The molecule has 0 saturated carbocycles. The minimum absolute atomic E-state index is 0.0466. The summed E-state index contributed by atoms with van der Waals surface area (Å²) >= 11 is 8.71. The van der Waals surface area contributed by atoms with E-state index in [2.05, 4.69) is 15.5 Å². The number of aromatic nitrogens is 2. The summed E-state index contributed by atoms with van der Waals surface area (Å²) < 4.78 is 0.755. The predicted molar refractivity (Wildman–Crippen MR) is 105 cm³/mol. The Hall–Kier alpha value is -1.89. The fourth-order valence-electron chi connectivity index (χ4n) is 2.19. The molecule has 3 aromatic rings. The summed E-state index contributed by atoms with van der Waals surface area (Å²) in [5.41, 5.74) is 2.78. The molecule has 0 aliphatic carbocycles. The van der Waals surface area contributed by atoms with E-state index in [9.17, 15) is 4.79 Å². The first-order chi connectivity index (χ1) is 12.0. The number of para-hydroxylation sites is 1. The van der Waals surface area contributed by atoms with Gasteiger partial charge in [-0.05, 0) is 49.7 Å². The molecule has 0 radical (unpaired) electrons. The zero-order valence-corrected chi connectivity index (χ0v) is 16.1. The maximum atomic E-state index is 12.5. The molecular weight excluding hydrogens is 374 g/mol. The molecule has 3 rings (SSSR count). The molecule has 0 fully saturated rings. The Labute approximate surface area is 159 Å². The molecule has 0 spiro atoms. The van der Waals surface area contributed by atoms with Crippen LogP contribution in [0.25, 0.3) is 0 Å². The third-order valence-electron chi connectivity index (χ3n) is 3.57. The van der Waals surface area contributed by atoms with E-state index in [1.165, 1.54) is 23.1 Å². The van der Waals surface area contributed by atoms with Gasteiger partial charge in [0.2, 0.25) is 5.13 Å². The number of ketones is 1. The summed E-state index contributed by atoms with van der Waals surface area (Å²) in [6.07, 6.45) is 0. The first-order valence-corrected chi connectivity index (χ1v) is 9.73. The van der Waals surface area contributed by atoms with Gasteiger partial charge in [-0.2, -0.15) is 0 Å². The number of carbonyl (C=O) groups excluding carboxylic acids is 1. The van der Waals surface area contributed by atoms with Crippen molar-refractivity contribution in [1.82, 2.24) is 10.2 Å². The van der Waals surface area contributed by atoms with Crippen molar-refractivity contribution in [2.75, 3.05) is 5.32 Å². The molecule has 1 heterocycles. The van der Waals surface area contributed by atoms with Crippen molar-refractivity contribution < 1.29 is 4.79 Å². The molecule has 0 aliphatic heterocycles. The van der Waals surface area contributed by atoms with Crippen LogP contribution in [-0.4, -0.2) is 21.2 Å². The van der Waals surface area contributed by atoms with Crippen LogP contribution in [0.15, 0.2) is 52.9 Å². The van der Waals surface area contributed by atoms with Crippen molar-refractivity contribution >= 4 is 51.3 Å². The average molecular weight is 390 g/mol. The number of benzene rings is 2. The Morgan fingerprint density at radius 2 is 1.88 bits per heavy atom. The van der Waals surface area contributed by atoms with E-state index >= 15 is 0 Å². The van der Waals surface area contributed by atoms with Crippen LogP contribution < -0.4 is 5.32 Å². The van der Waals surface area contributed by atoms with E-state index < -0.39 is 0 Å². The molecule has 2 aromatic carbocycles. The van der Waals surface area contributed by atoms with Gasteiger partial charge in [0, 0.05) is 16.3 Å². The number of nitrogens with zero attached hydrogens (tertiary/aromatic N) is 2. The molecule has 7 heteroatoms. The number of hydrogen-bond donors (Lipinski definition) is 1. The molecule has 1 N–H and O–H groups in total. The summed E-state index contributed by atoms with van der Waals surface area (Å²) in [7, 11) is 0. The highest BCUT2D eigenvalue weighted by Crippen LogP contribution is 2.32. The summed E-state index contributed by atoms with van der Waals surface area (Å²) in [6, 6.07) is 14.9. The third kappa shape index (κ3) is 4.60. The quantitative estimate of drug-likeness (QED) is 0.438. The molecule has 0 unspecified atom stereocenters. The van der Waals surface area contributed by atoms with Crippen LogP contribution in [-0.2, 0) is 0 Å². The van der Waals surface area contributed by atoms with E-state index in [1.807, 2.05) is 38.1 Å². The highest BCUT2D eigenvalue weighted by atomic mass is 35.5. The molecule has 1 atom stereocenters. The van der Waals surface area contributed by atoms with E-state index in [0.717, 1.165) is 15.6 Å². The second-order valence-corrected chi connectivity index (χ2v) is 8.45. The van der Waals surface area contributed by atoms with Crippen molar-refractivity contribution in [2.45, 2.75) is 23.4 Å². The predicted octanol–water partition coefficient (Wildman–Crippen LogP) is 5.61. The van der Waals surface area contributed by atoms with E-state index in [1.54, 1.807) is 24.3 Å². The normalized spacial score (nSPS) is 12.0. The zero-order chi connectivity index (χ0) is 17.8. The molecule has 0 amide bonds. The van der Waals surface area contributed by atoms with E-state index in [4.69, 9.17) is 11.6 Å². The SMILES string of the molecule is Cc1ccccc1Nc1nnc(S[C@H](C)C(=O)c2ccc(Cl)cc2)s1. The molecule has 0 aliphatic rings. The number of anilines is 2. The average Bonchev–Trinajstić information content (AvgIpc) is 3.04. The van der Waals surface area contributed by atoms with Gasteiger partial charge in [-0.3, -0.25) is 4.79 Å². The second-order valence-electron chi connectivity index (χ2n) is 5.44. The van der Waals surface area contributed by atoms with Crippen molar-refractivity contribution in [2.24, 2.45) is 0 Å². The van der Waals surface area contributed by atoms with Gasteiger partial charge in [-0.25, -0.2) is 0 Å². The lowest BCUT2D eigenvalue weighted by atomic mass is 10.1. The fraction of sp³-hybridized carbons (Fsp3) is 0.167. The lowest BCUT2D eigenvalue weighted by Gasteiger charge is -2.08. The van der Waals surface area contributed by atoms with Crippen LogP contribution in [0.4, 0.5) is 10.8 Å². The van der Waals surface area contributed by atoms with Gasteiger partial charge in [0.05, 0.1) is 5.25 Å². The number of nitrogens with one attached hydrogen (secondary N) is 1. The van der Waals surface area contributed by atoms with Gasteiger partial charge in [-0.1, -0.05) is 52.9 Å². The highest BCUT2D eigenvalue weighted by Gasteiger charge is 2.19. The lowest BCUT2D eigenvalue weighted by molar-refractivity contribution is 0.0994. The smallest absolute Gasteiger partial charge is 0.210 e. The Balaban J connectivity index is 1.65. The lowest BCUT2D eigenvalue weighted by Crippen LogP contribution is -2.13. The molecule has 25 heavy (non-hydrogen) atoms. The Kier molecular flexibility index (Phi) is 5.73. The number of carbonyl (C=O) groups is 1. The standard InChI is InChI=1S/C18H16ClN3OS2/c1-11-5-3-4-6-15(11)20-17-21-22-18(25-17)24-12(2)16(23)13-7-9-14(19)10-8-13/h3-10,12H,1-2H3,(H,20,21)/t12-/m1/s1. The Morgan fingerprint density at radius 3 is 2.60 bits per heavy atom. The maximum Gasteiger partial charge on any atom is 0.210 e. The third-order valence-corrected chi connectivity index (χ3v) is 5.84. The van der Waals surface area contributed by atoms with E-state index in [0.29, 0.717) is 15.7 Å². The summed E-state index contributed by atoms with van der Waals surface area (Å²) in [5.74, 6) is 0.0466. The highest BCUT2D eigenvalue weighted by molar-refractivity contribution is 8.02. The summed E-state index contributed by atoms with van der Waals surface area (Å²) in [4.78, 5) is 12.5. The molecule has 1 aromatic heterocycles. The van der Waals surface area contributed by atoms with Crippen molar-refractivity contribution in [1.29, 1.82) is 0 Å². The summed E-state index contributed by atoms with van der Waals surface area (Å²) in [5, 5.41) is 12.7. The van der Waals surface area contributed by atoms with Gasteiger partial charge < -0.3 is 5.32 Å². The minimum Gasteiger partial charge on any atom is -0.330 e. The van der Waals surface area contributed by atoms with E-state index in [-0.39, 0.29) is 11.0 Å². The minimum atomic E-state index is -0.250. The van der Waals surface area contributed by atoms with Crippen molar-refractivity contribution in [3.63, 3.8) is 0 Å². The van der Waals surface area contributed by atoms with Crippen LogP contribution >= 0.6 is 34.7 Å². The molecule has 128 valence electrons. The number of rotatable bonds is 6. The summed E-state index contributed by atoms with van der Waals surface area (Å²) in [6.45, 7) is 3.91. The van der Waals surface area contributed by atoms with Gasteiger partial charge in [0.1, 0.15) is 0 Å². The van der Waals surface area contributed by atoms with Gasteiger partial charge in [0.25, 0.3) is 0 Å². The first kappa shape index (κ1) is 17.9. The topological polar surface area (TPSA) is 54.9 Å². The van der Waals surface area contributed by atoms with Crippen LogP contribution in [0.3, 0.4) is 0 Å². The number of halogens is 1. The molecular formula is C18H16ClN3OS2. The maximum absolute atomic E-state index is 12.5. The van der Waals surface area contributed by atoms with Crippen LogP contribution in [0.1, 0.15) is 22.8 Å². The Bertz CT molecular complexity index is 880. The van der Waals surface area contributed by atoms with Crippen molar-refractivity contribution in [3.8, 4) is 0 Å². The molecule has 4 nitrogen and oxygen atoms in total. The second kappa shape index (κ2) is 7.99. The number of thioether (sulfide) groups is 1. The van der Waals surface area contributed by atoms with Gasteiger partial charge >= 0.3 is 0 Å². The van der Waals surface area contributed by atoms with Crippen LogP contribution in [0.2, 0.25) is 5.02 Å². The number of hydrogen-bond acceptors (Lipinski definition) is 6. The van der Waals surface area contributed by atoms with Crippen LogP contribution in [0.5, 0.6) is 0 Å². The Morgan fingerprint density at radius 1 is 1.16 bits per heavy atom. The zero-order valence-electron chi connectivity index (χ0n) is 13.7. The molecule has 0 bridgehead atoms. The molecule has 0 saturated heterocycles. The van der Waals surface area contributed by atoms with Gasteiger partial charge in [0.15, 0.2) is 10.1 Å².